The number of amides is 1. The number of hydrogen-bond donors (Lipinski definition) is 1. The molecule has 3 aromatic heterocycles. The molecule has 0 saturated carbocycles. The molecule has 7 rings (SSSR count). The van der Waals surface area contributed by atoms with Crippen molar-refractivity contribution >= 4 is 34.2 Å². The largest absolute Gasteiger partial charge is 0.474 e. The maximum Gasteiger partial charge on any atom is 0.257 e. The summed E-state index contributed by atoms with van der Waals surface area (Å²) in [4.78, 5) is 28.8. The van der Waals surface area contributed by atoms with Crippen molar-refractivity contribution in [1.82, 2.24) is 24.4 Å². The molecule has 2 fully saturated rings. The monoisotopic (exact) mass is 640 g/mol. The van der Waals surface area contributed by atoms with Crippen LogP contribution in [0.5, 0.6) is 5.88 Å². The molecule has 9 nitrogen and oxygen atoms in total. The van der Waals surface area contributed by atoms with E-state index in [0.29, 0.717) is 40.7 Å². The zero-order chi connectivity index (χ0) is 31.5. The molecule has 1 atom stereocenters. The van der Waals surface area contributed by atoms with E-state index in [0.717, 1.165) is 68.1 Å². The van der Waals surface area contributed by atoms with Gasteiger partial charge in [0.1, 0.15) is 17.7 Å². The molecule has 11 heteroatoms. The maximum absolute atomic E-state index is 14.3. The number of carbonyl (C=O) groups excluding carboxylic acids is 1. The third-order valence-electron chi connectivity index (χ3n) is 8.54. The highest BCUT2D eigenvalue weighted by atomic mass is 35.5. The van der Waals surface area contributed by atoms with Crippen molar-refractivity contribution in [3.8, 4) is 5.88 Å². The summed E-state index contributed by atoms with van der Waals surface area (Å²) in [7, 11) is 0. The molecule has 1 amide bonds. The fourth-order valence-corrected chi connectivity index (χ4v) is 6.11. The first-order valence-corrected chi connectivity index (χ1v) is 16.0. The van der Waals surface area contributed by atoms with Crippen LogP contribution in [0.2, 0.25) is 5.02 Å². The predicted octanol–water partition coefficient (Wildman–Crippen LogP) is 6.29. The number of fused-ring (bicyclic) bond motifs is 1. The number of halogens is 2. The Morgan fingerprint density at radius 1 is 1.04 bits per heavy atom. The molecule has 2 saturated heterocycles. The Hall–Kier alpha value is -4.38. The van der Waals surface area contributed by atoms with Crippen LogP contribution in [0.1, 0.15) is 46.7 Å². The molecule has 0 radical (unpaired) electrons. The smallest absolute Gasteiger partial charge is 0.257 e. The van der Waals surface area contributed by atoms with E-state index in [9.17, 15) is 9.18 Å². The summed E-state index contributed by atoms with van der Waals surface area (Å²) < 4.78 is 28.6. The van der Waals surface area contributed by atoms with Gasteiger partial charge in [-0.05, 0) is 73.4 Å². The lowest BCUT2D eigenvalue weighted by Crippen LogP contribution is -2.39. The SMILES string of the molecule is O=C(Nc1ccc2c(c1)nc(CN1CCC(Oc3cccc(Cc4ccc(Cl)cc4F)n3)CC1)n2CC1CCO1)c1cccnc1. The lowest BCUT2D eigenvalue weighted by atomic mass is 10.1. The Morgan fingerprint density at radius 3 is 2.67 bits per heavy atom. The second-order valence-electron chi connectivity index (χ2n) is 11.8. The fourth-order valence-electron chi connectivity index (χ4n) is 5.95. The van der Waals surface area contributed by atoms with Crippen LogP contribution >= 0.6 is 11.6 Å². The van der Waals surface area contributed by atoms with Gasteiger partial charge in [0.15, 0.2) is 0 Å². The van der Waals surface area contributed by atoms with Gasteiger partial charge in [0.2, 0.25) is 5.88 Å². The molecule has 1 unspecified atom stereocenters. The van der Waals surface area contributed by atoms with Gasteiger partial charge in [-0.2, -0.15) is 0 Å². The topological polar surface area (TPSA) is 94.4 Å². The standard InChI is InChI=1S/C35H34ClFN6O3/c36-25-7-6-23(30(37)18-25)17-26-4-1-5-34(39-26)46-28-10-14-42(15-11-28)22-33-41-31-19-27(40-35(44)24-3-2-13-38-20-24)8-9-32(31)43(33)21-29-12-16-45-29/h1-9,13,18-20,28-29H,10-12,14-17,21-22H2,(H,40,44). The van der Waals surface area contributed by atoms with E-state index in [4.69, 9.17) is 26.1 Å². The molecule has 2 aromatic carbocycles. The average Bonchev–Trinajstić information content (AvgIpc) is 3.37. The molecule has 1 N–H and O–H groups in total. The minimum Gasteiger partial charge on any atom is -0.474 e. The van der Waals surface area contributed by atoms with E-state index < -0.39 is 0 Å². The molecule has 0 spiro atoms. The number of benzene rings is 2. The Balaban J connectivity index is 0.996. The van der Waals surface area contributed by atoms with E-state index in [2.05, 4.69) is 24.8 Å². The van der Waals surface area contributed by atoms with Crippen molar-refractivity contribution in [3.63, 3.8) is 0 Å². The van der Waals surface area contributed by atoms with Crippen molar-refractivity contribution in [1.29, 1.82) is 0 Å². The minimum absolute atomic E-state index is 0.0412. The van der Waals surface area contributed by atoms with Gasteiger partial charge in [-0.3, -0.25) is 14.7 Å². The van der Waals surface area contributed by atoms with E-state index >= 15 is 0 Å². The molecule has 0 bridgehead atoms. The van der Waals surface area contributed by atoms with Gasteiger partial charge < -0.3 is 19.4 Å². The number of nitrogens with one attached hydrogen (secondary N) is 1. The number of likely N-dealkylation sites (tertiary alicyclic amines) is 1. The predicted molar refractivity (Wildman–Crippen MR) is 174 cm³/mol. The molecule has 5 heterocycles. The number of hydrogen-bond acceptors (Lipinski definition) is 7. The second kappa shape index (κ2) is 13.5. The van der Waals surface area contributed by atoms with Crippen LogP contribution in [0.15, 0.2) is 79.1 Å². The van der Waals surface area contributed by atoms with Gasteiger partial charge in [-0.25, -0.2) is 14.4 Å². The Labute approximate surface area is 271 Å². The number of pyridine rings is 2. The number of imidazole rings is 1. The molecule has 2 aliphatic rings. The van der Waals surface area contributed by atoms with Gasteiger partial charge in [-0.1, -0.05) is 23.7 Å². The Kier molecular flexibility index (Phi) is 8.91. The number of piperidine rings is 1. The van der Waals surface area contributed by atoms with Gasteiger partial charge in [0.05, 0.1) is 35.8 Å². The summed E-state index contributed by atoms with van der Waals surface area (Å²) in [5, 5.41) is 3.34. The first-order chi connectivity index (χ1) is 22.5. The van der Waals surface area contributed by atoms with Crippen molar-refractivity contribution in [2.75, 3.05) is 25.0 Å². The van der Waals surface area contributed by atoms with Crippen molar-refractivity contribution in [3.05, 3.63) is 113 Å². The summed E-state index contributed by atoms with van der Waals surface area (Å²) in [6, 6.07) is 19.7. The normalized spacial score (nSPS) is 17.1. The minimum atomic E-state index is -0.338. The lowest BCUT2D eigenvalue weighted by Gasteiger charge is -2.32. The molecular formula is C35H34ClFN6O3. The van der Waals surface area contributed by atoms with Crippen molar-refractivity contribution in [2.45, 2.75) is 51.0 Å². The summed E-state index contributed by atoms with van der Waals surface area (Å²) in [6.45, 7) is 3.95. The quantitative estimate of drug-likeness (QED) is 0.192. The van der Waals surface area contributed by atoms with E-state index in [1.165, 1.54) is 6.07 Å². The van der Waals surface area contributed by atoms with Gasteiger partial charge >= 0.3 is 0 Å². The lowest BCUT2D eigenvalue weighted by molar-refractivity contribution is -0.0592. The van der Waals surface area contributed by atoms with Crippen molar-refractivity contribution < 1.29 is 18.7 Å². The van der Waals surface area contributed by atoms with Crippen LogP contribution in [0.4, 0.5) is 10.1 Å². The van der Waals surface area contributed by atoms with Gasteiger partial charge in [-0.15, -0.1) is 0 Å². The van der Waals surface area contributed by atoms with E-state index in [1.807, 2.05) is 36.4 Å². The summed E-state index contributed by atoms with van der Waals surface area (Å²) in [5.74, 6) is 0.982. The molecule has 5 aromatic rings. The summed E-state index contributed by atoms with van der Waals surface area (Å²) >= 11 is 5.90. The van der Waals surface area contributed by atoms with Crippen LogP contribution < -0.4 is 10.1 Å². The van der Waals surface area contributed by atoms with Crippen LogP contribution in [0.3, 0.4) is 0 Å². The second-order valence-corrected chi connectivity index (χ2v) is 12.2. The van der Waals surface area contributed by atoms with E-state index in [-0.39, 0.29) is 23.9 Å². The Bertz CT molecular complexity index is 1840. The number of anilines is 1. The third-order valence-corrected chi connectivity index (χ3v) is 8.78. The van der Waals surface area contributed by atoms with Crippen LogP contribution in [-0.2, 0) is 24.2 Å². The third kappa shape index (κ3) is 7.04. The highest BCUT2D eigenvalue weighted by molar-refractivity contribution is 6.30. The fraction of sp³-hybridized carbons (Fsp3) is 0.314. The number of rotatable bonds is 10. The number of ether oxygens (including phenoxy) is 2. The molecular weight excluding hydrogens is 607 g/mol. The summed E-state index contributed by atoms with van der Waals surface area (Å²) in [6.07, 6.45) is 6.52. The van der Waals surface area contributed by atoms with Crippen LogP contribution in [0.25, 0.3) is 11.0 Å². The zero-order valence-corrected chi connectivity index (χ0v) is 26.0. The number of nitrogens with zero attached hydrogens (tertiary/aromatic N) is 5. The first-order valence-electron chi connectivity index (χ1n) is 15.6. The average molecular weight is 641 g/mol. The van der Waals surface area contributed by atoms with Gasteiger partial charge in [0.25, 0.3) is 5.91 Å². The molecule has 236 valence electrons. The van der Waals surface area contributed by atoms with E-state index in [1.54, 1.807) is 36.7 Å². The first kappa shape index (κ1) is 30.3. The number of carbonyl (C=O) groups is 1. The van der Waals surface area contributed by atoms with Crippen LogP contribution in [0, 0.1) is 5.82 Å². The van der Waals surface area contributed by atoms with Crippen LogP contribution in [-0.4, -0.2) is 62.2 Å². The summed E-state index contributed by atoms with van der Waals surface area (Å²) in [5.41, 5.74) is 4.33. The van der Waals surface area contributed by atoms with Gasteiger partial charge in [0, 0.05) is 61.0 Å². The number of aromatic nitrogens is 4. The Morgan fingerprint density at radius 2 is 1.91 bits per heavy atom. The highest BCUT2D eigenvalue weighted by Crippen LogP contribution is 2.26. The molecule has 46 heavy (non-hydrogen) atoms. The maximum atomic E-state index is 14.3. The van der Waals surface area contributed by atoms with Crippen molar-refractivity contribution in [2.24, 2.45) is 0 Å². The zero-order valence-electron chi connectivity index (χ0n) is 25.2. The highest BCUT2D eigenvalue weighted by Gasteiger charge is 2.26. The molecule has 2 aliphatic heterocycles. The molecule has 0 aliphatic carbocycles.